The zero-order chi connectivity index (χ0) is 19.2. The fourth-order valence-electron chi connectivity index (χ4n) is 2.27. The average molecular weight is 382 g/mol. The lowest BCUT2D eigenvalue weighted by Crippen LogP contribution is -2.22. The predicted octanol–water partition coefficient (Wildman–Crippen LogP) is 3.04. The van der Waals surface area contributed by atoms with Crippen LogP contribution in [0.25, 0.3) is 0 Å². The van der Waals surface area contributed by atoms with E-state index >= 15 is 0 Å². The molecule has 27 heavy (non-hydrogen) atoms. The predicted molar refractivity (Wildman–Crippen MR) is 103 cm³/mol. The molecule has 0 bridgehead atoms. The Morgan fingerprint density at radius 2 is 1.74 bits per heavy atom. The van der Waals surface area contributed by atoms with Crippen LogP contribution in [-0.2, 0) is 6.54 Å². The van der Waals surface area contributed by atoms with E-state index < -0.39 is 5.91 Å². The van der Waals surface area contributed by atoms with Crippen molar-refractivity contribution in [1.82, 2.24) is 15.5 Å². The molecule has 0 saturated carbocycles. The molecular formula is C19H18N4O3S. The number of hydrogen-bond acceptors (Lipinski definition) is 6. The first-order valence-electron chi connectivity index (χ1n) is 8.18. The van der Waals surface area contributed by atoms with Gasteiger partial charge in [-0.05, 0) is 36.8 Å². The number of rotatable bonds is 6. The van der Waals surface area contributed by atoms with E-state index in [1.165, 1.54) is 0 Å². The van der Waals surface area contributed by atoms with Crippen molar-refractivity contribution in [3.05, 3.63) is 69.7 Å². The third-order valence-electron chi connectivity index (χ3n) is 3.71. The van der Waals surface area contributed by atoms with Gasteiger partial charge in [0.05, 0.1) is 7.11 Å². The molecule has 2 amide bonds. The summed E-state index contributed by atoms with van der Waals surface area (Å²) in [6.45, 7) is 2.28. The van der Waals surface area contributed by atoms with Crippen LogP contribution in [0.15, 0.2) is 48.5 Å². The lowest BCUT2D eigenvalue weighted by atomic mass is 10.2. The van der Waals surface area contributed by atoms with Crippen LogP contribution in [0.3, 0.4) is 0 Å². The normalized spacial score (nSPS) is 10.3. The second kappa shape index (κ2) is 8.41. The fourth-order valence-corrected chi connectivity index (χ4v) is 2.92. The summed E-state index contributed by atoms with van der Waals surface area (Å²) in [5.74, 6) is -0.0689. The number of aryl methyl sites for hydroxylation is 1. The van der Waals surface area contributed by atoms with Crippen molar-refractivity contribution < 1.29 is 14.3 Å². The molecule has 3 rings (SSSR count). The van der Waals surface area contributed by atoms with Crippen LogP contribution in [0.4, 0.5) is 5.69 Å². The number of nitrogens with zero attached hydrogens (tertiary/aromatic N) is 2. The molecule has 0 aliphatic heterocycles. The molecule has 1 aromatic heterocycles. The molecule has 2 aromatic carbocycles. The lowest BCUT2D eigenvalue weighted by Gasteiger charge is -2.05. The van der Waals surface area contributed by atoms with Crippen molar-refractivity contribution in [1.29, 1.82) is 0 Å². The van der Waals surface area contributed by atoms with E-state index in [0.717, 1.165) is 22.5 Å². The van der Waals surface area contributed by atoms with Crippen LogP contribution in [0, 0.1) is 6.92 Å². The molecule has 0 spiro atoms. The van der Waals surface area contributed by atoms with Gasteiger partial charge >= 0.3 is 0 Å². The van der Waals surface area contributed by atoms with Crippen LogP contribution < -0.4 is 15.4 Å². The van der Waals surface area contributed by atoms with Crippen LogP contribution in [0.5, 0.6) is 5.75 Å². The summed E-state index contributed by atoms with van der Waals surface area (Å²) in [6, 6.07) is 14.8. The molecule has 0 atom stereocenters. The maximum absolute atomic E-state index is 12.2. The van der Waals surface area contributed by atoms with Gasteiger partial charge in [0.2, 0.25) is 10.0 Å². The summed E-state index contributed by atoms with van der Waals surface area (Å²) in [6.07, 6.45) is 0. The number of amides is 2. The minimum Gasteiger partial charge on any atom is -0.497 e. The Morgan fingerprint density at radius 3 is 2.44 bits per heavy atom. The Bertz CT molecular complexity index is 954. The Kier molecular flexibility index (Phi) is 5.77. The SMILES string of the molecule is COc1cccc(CNC(=O)c2nnc(C(=O)Nc3ccc(C)cc3)s2)c1. The van der Waals surface area contributed by atoms with Gasteiger partial charge in [0.15, 0.2) is 0 Å². The highest BCUT2D eigenvalue weighted by Gasteiger charge is 2.17. The molecular weight excluding hydrogens is 364 g/mol. The van der Waals surface area contributed by atoms with Crippen molar-refractivity contribution in [2.75, 3.05) is 12.4 Å². The molecule has 1 heterocycles. The van der Waals surface area contributed by atoms with Crippen molar-refractivity contribution in [3.8, 4) is 5.75 Å². The summed E-state index contributed by atoms with van der Waals surface area (Å²) < 4.78 is 5.15. The number of methoxy groups -OCH3 is 1. The molecule has 7 nitrogen and oxygen atoms in total. The van der Waals surface area contributed by atoms with Crippen LogP contribution >= 0.6 is 11.3 Å². The fraction of sp³-hybridized carbons (Fsp3) is 0.158. The van der Waals surface area contributed by atoms with E-state index in [0.29, 0.717) is 18.0 Å². The summed E-state index contributed by atoms with van der Waals surface area (Å²) in [4.78, 5) is 24.5. The maximum Gasteiger partial charge on any atom is 0.286 e. The summed E-state index contributed by atoms with van der Waals surface area (Å²) in [7, 11) is 1.59. The molecule has 0 saturated heterocycles. The van der Waals surface area contributed by atoms with E-state index in [4.69, 9.17) is 4.74 Å². The first-order chi connectivity index (χ1) is 13.0. The number of nitrogens with one attached hydrogen (secondary N) is 2. The van der Waals surface area contributed by atoms with Crippen LogP contribution in [0.2, 0.25) is 0 Å². The summed E-state index contributed by atoms with van der Waals surface area (Å²) >= 11 is 0.943. The van der Waals surface area contributed by atoms with Gasteiger partial charge in [0.25, 0.3) is 11.8 Å². The number of carbonyl (C=O) groups is 2. The van der Waals surface area contributed by atoms with Gasteiger partial charge in [-0.3, -0.25) is 9.59 Å². The molecule has 0 radical (unpaired) electrons. The van der Waals surface area contributed by atoms with E-state index in [1.807, 2.05) is 43.3 Å². The Labute approximate surface area is 160 Å². The largest absolute Gasteiger partial charge is 0.497 e. The van der Waals surface area contributed by atoms with Gasteiger partial charge in [-0.1, -0.05) is 41.2 Å². The Balaban J connectivity index is 1.59. The van der Waals surface area contributed by atoms with E-state index in [2.05, 4.69) is 20.8 Å². The number of hydrogen-bond donors (Lipinski definition) is 2. The minimum atomic E-state index is -0.400. The summed E-state index contributed by atoms with van der Waals surface area (Å²) in [5, 5.41) is 13.4. The standard InChI is InChI=1S/C19H18N4O3S/c1-12-6-8-14(9-7-12)21-17(25)19-23-22-18(27-19)16(24)20-11-13-4-3-5-15(10-13)26-2/h3-10H,11H2,1-2H3,(H,20,24)(H,21,25). The van der Waals surface area contributed by atoms with Crippen molar-refractivity contribution in [2.24, 2.45) is 0 Å². The third-order valence-corrected chi connectivity index (χ3v) is 4.63. The van der Waals surface area contributed by atoms with E-state index in [-0.39, 0.29) is 15.9 Å². The molecule has 0 aliphatic rings. The first kappa shape index (κ1) is 18.5. The molecule has 3 aromatic rings. The maximum atomic E-state index is 12.2. The molecule has 0 aliphatic carbocycles. The molecule has 0 fully saturated rings. The monoisotopic (exact) mass is 382 g/mol. The zero-order valence-electron chi connectivity index (χ0n) is 14.9. The number of ether oxygens (including phenoxy) is 1. The molecule has 2 N–H and O–H groups in total. The molecule has 8 heteroatoms. The van der Waals surface area contributed by atoms with Gasteiger partial charge in [-0.2, -0.15) is 0 Å². The van der Waals surface area contributed by atoms with E-state index in [1.54, 1.807) is 19.2 Å². The number of anilines is 1. The van der Waals surface area contributed by atoms with Gasteiger partial charge in [-0.25, -0.2) is 0 Å². The average Bonchev–Trinajstić information content (AvgIpc) is 3.18. The summed E-state index contributed by atoms with van der Waals surface area (Å²) in [5.41, 5.74) is 2.65. The van der Waals surface area contributed by atoms with E-state index in [9.17, 15) is 9.59 Å². The highest BCUT2D eigenvalue weighted by molar-refractivity contribution is 7.15. The van der Waals surface area contributed by atoms with Crippen LogP contribution in [-0.4, -0.2) is 29.1 Å². The van der Waals surface area contributed by atoms with Crippen LogP contribution in [0.1, 0.15) is 30.7 Å². The third kappa shape index (κ3) is 4.89. The second-order valence-electron chi connectivity index (χ2n) is 5.77. The van der Waals surface area contributed by atoms with Gasteiger partial charge < -0.3 is 15.4 Å². The Hall–Kier alpha value is -3.26. The quantitative estimate of drug-likeness (QED) is 0.683. The number of benzene rings is 2. The van der Waals surface area contributed by atoms with Crippen molar-refractivity contribution in [2.45, 2.75) is 13.5 Å². The number of carbonyl (C=O) groups excluding carboxylic acids is 2. The second-order valence-corrected chi connectivity index (χ2v) is 6.74. The Morgan fingerprint density at radius 1 is 1.04 bits per heavy atom. The zero-order valence-corrected chi connectivity index (χ0v) is 15.7. The molecule has 138 valence electrons. The minimum absolute atomic E-state index is 0.127. The smallest absolute Gasteiger partial charge is 0.286 e. The highest BCUT2D eigenvalue weighted by atomic mass is 32.1. The lowest BCUT2D eigenvalue weighted by molar-refractivity contribution is 0.0948. The van der Waals surface area contributed by atoms with Gasteiger partial charge in [0, 0.05) is 12.2 Å². The van der Waals surface area contributed by atoms with Crippen molar-refractivity contribution in [3.63, 3.8) is 0 Å². The first-order valence-corrected chi connectivity index (χ1v) is 8.99. The topological polar surface area (TPSA) is 93.2 Å². The number of aromatic nitrogens is 2. The van der Waals surface area contributed by atoms with Crippen molar-refractivity contribution >= 4 is 28.8 Å². The molecule has 0 unspecified atom stereocenters. The van der Waals surface area contributed by atoms with Gasteiger partial charge in [-0.15, -0.1) is 10.2 Å². The van der Waals surface area contributed by atoms with Gasteiger partial charge in [0.1, 0.15) is 5.75 Å². The highest BCUT2D eigenvalue weighted by Crippen LogP contribution is 2.15.